The van der Waals surface area contributed by atoms with E-state index in [2.05, 4.69) is 22.3 Å². The largest absolute Gasteiger partial charge is 0.509 e. The predicted octanol–water partition coefficient (Wildman–Crippen LogP) is 3.19. The highest BCUT2D eigenvalue weighted by atomic mass is 16.3. The summed E-state index contributed by atoms with van der Waals surface area (Å²) in [5, 5.41) is 13.0. The minimum absolute atomic E-state index is 0.0636. The minimum atomic E-state index is -0.513. The molecule has 4 rings (SSSR count). The first-order chi connectivity index (χ1) is 15.1. The van der Waals surface area contributed by atoms with Crippen LogP contribution in [0.3, 0.4) is 0 Å². The van der Waals surface area contributed by atoms with Gasteiger partial charge in [0.2, 0.25) is 0 Å². The fourth-order valence-corrected chi connectivity index (χ4v) is 4.21. The molecule has 2 aromatic carbocycles. The summed E-state index contributed by atoms with van der Waals surface area (Å²) in [6, 6.07) is 18.0. The van der Waals surface area contributed by atoms with Crippen molar-refractivity contribution in [1.82, 2.24) is 10.2 Å². The molecule has 0 radical (unpaired) electrons. The maximum Gasteiger partial charge on any atom is 0.263 e. The van der Waals surface area contributed by atoms with Crippen LogP contribution in [-0.4, -0.2) is 48.0 Å². The molecule has 2 amide bonds. The highest BCUT2D eigenvalue weighted by Gasteiger charge is 2.34. The van der Waals surface area contributed by atoms with Crippen molar-refractivity contribution >= 4 is 17.5 Å². The van der Waals surface area contributed by atoms with E-state index in [4.69, 9.17) is 0 Å². The Balaban J connectivity index is 1.31. The van der Waals surface area contributed by atoms with Crippen LogP contribution >= 0.6 is 0 Å². The fourth-order valence-electron chi connectivity index (χ4n) is 4.21. The van der Waals surface area contributed by atoms with Crippen molar-refractivity contribution in [2.24, 2.45) is 0 Å². The van der Waals surface area contributed by atoms with Gasteiger partial charge >= 0.3 is 0 Å². The molecule has 0 unspecified atom stereocenters. The predicted molar refractivity (Wildman–Crippen MR) is 121 cm³/mol. The normalized spacial score (nSPS) is 16.7. The number of benzene rings is 2. The van der Waals surface area contributed by atoms with Gasteiger partial charge in [-0.1, -0.05) is 42.5 Å². The summed E-state index contributed by atoms with van der Waals surface area (Å²) in [5.74, 6) is -1.09. The average molecular weight is 420 g/mol. The molecule has 2 heterocycles. The summed E-state index contributed by atoms with van der Waals surface area (Å²) in [7, 11) is 0. The van der Waals surface area contributed by atoms with Crippen LogP contribution in [0.25, 0.3) is 0 Å². The van der Waals surface area contributed by atoms with E-state index in [0.29, 0.717) is 19.5 Å². The first-order valence-electron chi connectivity index (χ1n) is 11.0. The van der Waals surface area contributed by atoms with E-state index in [-0.39, 0.29) is 17.9 Å². The lowest BCUT2D eigenvalue weighted by Gasteiger charge is -2.29. The lowest BCUT2D eigenvalue weighted by atomic mass is 10.1. The molecule has 31 heavy (non-hydrogen) atoms. The van der Waals surface area contributed by atoms with Gasteiger partial charge in [0.15, 0.2) is 0 Å². The molecule has 2 aliphatic heterocycles. The minimum Gasteiger partial charge on any atom is -0.509 e. The van der Waals surface area contributed by atoms with E-state index in [0.717, 1.165) is 24.2 Å². The van der Waals surface area contributed by atoms with Crippen LogP contribution in [0.2, 0.25) is 0 Å². The van der Waals surface area contributed by atoms with Crippen LogP contribution in [0.15, 0.2) is 65.9 Å². The third-order valence-electron chi connectivity index (χ3n) is 5.93. The zero-order valence-corrected chi connectivity index (χ0v) is 17.7. The molecule has 2 aromatic rings. The summed E-state index contributed by atoms with van der Waals surface area (Å²) in [5.41, 5.74) is 3.15. The SMILES string of the molecule is O=C(NCCc1ccccc1)C1=C(O)CN(Cc2ccc(N3CCCCC3)cc2)C1=O. The van der Waals surface area contributed by atoms with Gasteiger partial charge in [0, 0.05) is 31.9 Å². The van der Waals surface area contributed by atoms with Crippen molar-refractivity contribution in [3.8, 4) is 0 Å². The summed E-state index contributed by atoms with van der Waals surface area (Å²) in [6.45, 7) is 3.01. The second kappa shape index (κ2) is 9.69. The standard InChI is InChI=1S/C25H29N3O3/c29-22-18-28(17-20-9-11-21(12-10-20)27-15-5-2-6-16-27)25(31)23(22)24(30)26-14-13-19-7-3-1-4-8-19/h1,3-4,7-12,29H,2,5-6,13-18H2,(H,26,30). The Morgan fingerprint density at radius 2 is 1.65 bits per heavy atom. The first kappa shape index (κ1) is 21.0. The number of amides is 2. The summed E-state index contributed by atoms with van der Waals surface area (Å²) in [6.07, 6.45) is 4.42. The van der Waals surface area contributed by atoms with Crippen molar-refractivity contribution in [1.29, 1.82) is 0 Å². The average Bonchev–Trinajstić information content (AvgIpc) is 3.08. The third-order valence-corrected chi connectivity index (χ3v) is 5.93. The van der Waals surface area contributed by atoms with E-state index in [1.54, 1.807) is 0 Å². The summed E-state index contributed by atoms with van der Waals surface area (Å²) < 4.78 is 0. The van der Waals surface area contributed by atoms with Crippen LogP contribution in [0.4, 0.5) is 5.69 Å². The molecule has 0 aliphatic carbocycles. The molecule has 0 saturated carbocycles. The highest BCUT2D eigenvalue weighted by Crippen LogP contribution is 2.23. The van der Waals surface area contributed by atoms with E-state index in [1.165, 1.54) is 29.8 Å². The number of aliphatic hydroxyl groups excluding tert-OH is 1. The van der Waals surface area contributed by atoms with Crippen LogP contribution in [0, 0.1) is 0 Å². The molecule has 0 spiro atoms. The molecule has 1 saturated heterocycles. The van der Waals surface area contributed by atoms with Crippen molar-refractivity contribution in [3.63, 3.8) is 0 Å². The number of rotatable bonds is 7. The molecule has 2 aliphatic rings. The number of nitrogens with zero attached hydrogens (tertiary/aromatic N) is 2. The molecule has 162 valence electrons. The van der Waals surface area contributed by atoms with Crippen LogP contribution < -0.4 is 10.2 Å². The van der Waals surface area contributed by atoms with Gasteiger partial charge in [0.25, 0.3) is 11.8 Å². The van der Waals surface area contributed by atoms with Gasteiger partial charge in [0.1, 0.15) is 11.3 Å². The van der Waals surface area contributed by atoms with Crippen molar-refractivity contribution < 1.29 is 14.7 Å². The van der Waals surface area contributed by atoms with Gasteiger partial charge in [-0.2, -0.15) is 0 Å². The Morgan fingerprint density at radius 3 is 2.35 bits per heavy atom. The number of piperidine rings is 1. The Kier molecular flexibility index (Phi) is 6.55. The number of aliphatic hydroxyl groups is 1. The van der Waals surface area contributed by atoms with Crippen LogP contribution in [0.5, 0.6) is 0 Å². The Morgan fingerprint density at radius 1 is 0.935 bits per heavy atom. The van der Waals surface area contributed by atoms with Gasteiger partial charge in [-0.3, -0.25) is 9.59 Å². The van der Waals surface area contributed by atoms with E-state index in [9.17, 15) is 14.7 Å². The first-order valence-corrected chi connectivity index (χ1v) is 11.0. The number of carbonyl (C=O) groups excluding carboxylic acids is 2. The number of carbonyl (C=O) groups is 2. The maximum atomic E-state index is 12.7. The molecule has 2 N–H and O–H groups in total. The Labute approximate surface area is 183 Å². The van der Waals surface area contributed by atoms with Crippen LogP contribution in [0.1, 0.15) is 30.4 Å². The number of hydrogen-bond acceptors (Lipinski definition) is 4. The molecular weight excluding hydrogens is 390 g/mol. The zero-order chi connectivity index (χ0) is 21.6. The van der Waals surface area contributed by atoms with Gasteiger partial charge < -0.3 is 20.2 Å². The second-order valence-corrected chi connectivity index (χ2v) is 8.19. The summed E-state index contributed by atoms with van der Waals surface area (Å²) in [4.78, 5) is 29.1. The molecule has 0 aromatic heterocycles. The Bertz CT molecular complexity index is 948. The number of anilines is 1. The van der Waals surface area contributed by atoms with E-state index in [1.807, 2.05) is 42.5 Å². The molecule has 6 heteroatoms. The second-order valence-electron chi connectivity index (χ2n) is 8.19. The monoisotopic (exact) mass is 419 g/mol. The Hall–Kier alpha value is -3.28. The van der Waals surface area contributed by atoms with Gasteiger partial charge in [-0.05, 0) is 48.9 Å². The topological polar surface area (TPSA) is 72.9 Å². The van der Waals surface area contributed by atoms with Crippen molar-refractivity contribution in [3.05, 3.63) is 77.1 Å². The smallest absolute Gasteiger partial charge is 0.263 e. The lowest BCUT2D eigenvalue weighted by molar-refractivity contribution is -0.129. The quantitative estimate of drug-likeness (QED) is 0.676. The summed E-state index contributed by atoms with van der Waals surface area (Å²) >= 11 is 0. The molecule has 6 nitrogen and oxygen atoms in total. The van der Waals surface area contributed by atoms with E-state index >= 15 is 0 Å². The number of hydrogen-bond donors (Lipinski definition) is 2. The molecule has 0 bridgehead atoms. The fraction of sp³-hybridized carbons (Fsp3) is 0.360. The van der Waals surface area contributed by atoms with E-state index < -0.39 is 11.8 Å². The van der Waals surface area contributed by atoms with Gasteiger partial charge in [0.05, 0.1) is 6.54 Å². The van der Waals surface area contributed by atoms with Crippen molar-refractivity contribution in [2.45, 2.75) is 32.2 Å². The van der Waals surface area contributed by atoms with Crippen LogP contribution in [-0.2, 0) is 22.6 Å². The third kappa shape index (κ3) is 5.08. The zero-order valence-electron chi connectivity index (χ0n) is 17.7. The van der Waals surface area contributed by atoms with Crippen molar-refractivity contribution in [2.75, 3.05) is 31.1 Å². The van der Waals surface area contributed by atoms with Gasteiger partial charge in [-0.25, -0.2) is 0 Å². The van der Waals surface area contributed by atoms with Gasteiger partial charge in [-0.15, -0.1) is 0 Å². The molecule has 1 fully saturated rings. The molecule has 0 atom stereocenters. The highest BCUT2D eigenvalue weighted by molar-refractivity contribution is 6.20. The lowest BCUT2D eigenvalue weighted by Crippen LogP contribution is -2.34. The number of nitrogens with one attached hydrogen (secondary N) is 1. The maximum absolute atomic E-state index is 12.7. The molecular formula is C25H29N3O3.